The molecule has 0 saturated carbocycles. The van der Waals surface area contributed by atoms with Crippen LogP contribution in [0.25, 0.3) is 0 Å². The van der Waals surface area contributed by atoms with Gasteiger partial charge in [0, 0.05) is 15.6 Å². The van der Waals surface area contributed by atoms with E-state index in [0.29, 0.717) is 47.4 Å². The van der Waals surface area contributed by atoms with Crippen LogP contribution >= 0.6 is 55.1 Å². The molecule has 0 spiro atoms. The number of hydrogen-bond donors (Lipinski definition) is 1. The number of hydrogen-bond acceptors (Lipinski definition) is 5. The van der Waals surface area contributed by atoms with Crippen molar-refractivity contribution >= 4 is 67.2 Å². The van der Waals surface area contributed by atoms with E-state index < -0.39 is 0 Å². The fourth-order valence-electron chi connectivity index (χ4n) is 2.74. The molecule has 3 aromatic carbocycles. The zero-order valence-corrected chi connectivity index (χ0v) is 22.2. The first-order valence-electron chi connectivity index (χ1n) is 9.44. The molecule has 3 aromatic rings. The molecule has 10 heteroatoms. The maximum absolute atomic E-state index is 12.3. The molecule has 3 rings (SSSR count). The molecule has 0 fully saturated rings. The van der Waals surface area contributed by atoms with Gasteiger partial charge in [-0.15, -0.1) is 0 Å². The lowest BCUT2D eigenvalue weighted by atomic mass is 10.2. The van der Waals surface area contributed by atoms with Crippen LogP contribution in [0.3, 0.4) is 0 Å². The van der Waals surface area contributed by atoms with Crippen LogP contribution in [0, 0.1) is 0 Å². The lowest BCUT2D eigenvalue weighted by Crippen LogP contribution is -2.17. The SMILES string of the molecule is COc1ccc(C(=O)N/N=C\c2cc(OC)c(OCc3ccc(Cl)c(Cl)c3)c(Br)c2Br)cc1. The van der Waals surface area contributed by atoms with Gasteiger partial charge in [0.25, 0.3) is 5.91 Å². The minimum absolute atomic E-state index is 0.254. The van der Waals surface area contributed by atoms with Crippen molar-refractivity contribution in [3.63, 3.8) is 0 Å². The summed E-state index contributed by atoms with van der Waals surface area (Å²) < 4.78 is 17.9. The lowest BCUT2D eigenvalue weighted by molar-refractivity contribution is 0.0955. The van der Waals surface area contributed by atoms with Crippen molar-refractivity contribution in [2.24, 2.45) is 5.10 Å². The summed E-state index contributed by atoms with van der Waals surface area (Å²) >= 11 is 19.1. The van der Waals surface area contributed by atoms with Gasteiger partial charge in [0.15, 0.2) is 11.5 Å². The van der Waals surface area contributed by atoms with Crippen LogP contribution in [0.5, 0.6) is 17.2 Å². The third-order valence-electron chi connectivity index (χ3n) is 4.46. The summed E-state index contributed by atoms with van der Waals surface area (Å²) in [7, 11) is 3.10. The highest BCUT2D eigenvalue weighted by atomic mass is 79.9. The predicted molar refractivity (Wildman–Crippen MR) is 137 cm³/mol. The van der Waals surface area contributed by atoms with Crippen LogP contribution in [0.2, 0.25) is 10.0 Å². The first kappa shape index (κ1) is 25.4. The van der Waals surface area contributed by atoms with Gasteiger partial charge in [-0.3, -0.25) is 4.79 Å². The number of halogens is 4. The minimum atomic E-state index is -0.349. The van der Waals surface area contributed by atoms with E-state index in [-0.39, 0.29) is 12.5 Å². The summed E-state index contributed by atoms with van der Waals surface area (Å²) in [5.41, 5.74) is 4.46. The summed E-state index contributed by atoms with van der Waals surface area (Å²) in [6, 6.07) is 13.7. The predicted octanol–water partition coefficient (Wildman–Crippen LogP) is 6.88. The monoisotopic (exact) mass is 614 g/mol. The van der Waals surface area contributed by atoms with Crippen LogP contribution in [0.1, 0.15) is 21.5 Å². The number of rotatable bonds is 8. The highest BCUT2D eigenvalue weighted by molar-refractivity contribution is 9.13. The Hall–Kier alpha value is -2.26. The number of amides is 1. The number of carbonyl (C=O) groups excluding carboxylic acids is 1. The van der Waals surface area contributed by atoms with Crippen LogP contribution in [-0.4, -0.2) is 26.3 Å². The molecule has 6 nitrogen and oxygen atoms in total. The van der Waals surface area contributed by atoms with Crippen LogP contribution < -0.4 is 19.6 Å². The van der Waals surface area contributed by atoms with Gasteiger partial charge >= 0.3 is 0 Å². The smallest absolute Gasteiger partial charge is 0.271 e. The zero-order valence-electron chi connectivity index (χ0n) is 17.5. The Labute approximate surface area is 218 Å². The Morgan fingerprint density at radius 1 is 1.00 bits per heavy atom. The van der Waals surface area contributed by atoms with Gasteiger partial charge in [-0.2, -0.15) is 5.10 Å². The maximum atomic E-state index is 12.3. The molecule has 0 aliphatic carbocycles. The molecule has 0 bridgehead atoms. The van der Waals surface area contributed by atoms with Crippen molar-refractivity contribution in [3.8, 4) is 17.2 Å². The first-order valence-corrected chi connectivity index (χ1v) is 11.8. The number of hydrazone groups is 1. The molecule has 0 saturated heterocycles. The van der Waals surface area contributed by atoms with Gasteiger partial charge < -0.3 is 14.2 Å². The molecular formula is C23H18Br2Cl2N2O4. The van der Waals surface area contributed by atoms with E-state index in [1.54, 1.807) is 49.6 Å². The Morgan fingerprint density at radius 2 is 1.73 bits per heavy atom. The number of nitrogens with zero attached hydrogens (tertiary/aromatic N) is 1. The standard InChI is InChI=1S/C23H18Br2Cl2N2O4/c1-31-16-6-4-14(5-7-16)23(30)29-28-11-15-10-19(32-2)22(21(25)20(15)24)33-12-13-3-8-17(26)18(27)9-13/h3-11H,12H2,1-2H3,(H,29,30)/b28-11-. The van der Waals surface area contributed by atoms with Gasteiger partial charge in [0.1, 0.15) is 12.4 Å². The topological polar surface area (TPSA) is 69.2 Å². The van der Waals surface area contributed by atoms with Crippen LogP contribution in [0.4, 0.5) is 0 Å². The van der Waals surface area contributed by atoms with E-state index in [0.717, 1.165) is 5.56 Å². The molecule has 0 unspecified atom stereocenters. The average molecular weight is 617 g/mol. The second-order valence-electron chi connectivity index (χ2n) is 6.59. The Balaban J connectivity index is 1.74. The van der Waals surface area contributed by atoms with E-state index in [1.807, 2.05) is 6.07 Å². The third-order valence-corrected chi connectivity index (χ3v) is 7.35. The molecule has 0 radical (unpaired) electrons. The Morgan fingerprint density at radius 3 is 2.36 bits per heavy atom. The molecule has 1 amide bonds. The first-order chi connectivity index (χ1) is 15.8. The quantitative estimate of drug-likeness (QED) is 0.221. The third kappa shape index (κ3) is 6.41. The highest BCUT2D eigenvalue weighted by Gasteiger charge is 2.17. The maximum Gasteiger partial charge on any atom is 0.271 e. The summed E-state index contributed by atoms with van der Waals surface area (Å²) in [6.45, 7) is 0.254. The average Bonchev–Trinajstić information content (AvgIpc) is 2.83. The van der Waals surface area contributed by atoms with Crippen molar-refractivity contribution < 1.29 is 19.0 Å². The summed E-state index contributed by atoms with van der Waals surface area (Å²) in [6.07, 6.45) is 1.50. The lowest BCUT2D eigenvalue weighted by Gasteiger charge is -2.15. The molecular weight excluding hydrogens is 599 g/mol. The number of carbonyl (C=O) groups is 1. The van der Waals surface area contributed by atoms with Gasteiger partial charge in [0.05, 0.1) is 35.0 Å². The molecule has 0 heterocycles. The second-order valence-corrected chi connectivity index (χ2v) is 8.99. The normalized spacial score (nSPS) is 10.8. The fourth-order valence-corrected chi connectivity index (χ4v) is 3.99. The molecule has 0 aliphatic rings. The van der Waals surface area contributed by atoms with Crippen molar-refractivity contribution in [2.45, 2.75) is 6.61 Å². The van der Waals surface area contributed by atoms with Crippen molar-refractivity contribution in [1.82, 2.24) is 5.43 Å². The summed E-state index contributed by atoms with van der Waals surface area (Å²) in [4.78, 5) is 12.3. The largest absolute Gasteiger partial charge is 0.497 e. The van der Waals surface area contributed by atoms with Gasteiger partial charge in [-0.25, -0.2) is 5.43 Å². The van der Waals surface area contributed by atoms with Crippen molar-refractivity contribution in [3.05, 3.63) is 84.2 Å². The number of ether oxygens (including phenoxy) is 3. The van der Waals surface area contributed by atoms with Gasteiger partial charge in [0.2, 0.25) is 0 Å². The van der Waals surface area contributed by atoms with E-state index in [9.17, 15) is 4.79 Å². The summed E-state index contributed by atoms with van der Waals surface area (Å²) in [5.74, 6) is 1.29. The number of methoxy groups -OCH3 is 2. The number of nitrogens with one attached hydrogen (secondary N) is 1. The van der Waals surface area contributed by atoms with Crippen LogP contribution in [0.15, 0.2) is 62.6 Å². The van der Waals surface area contributed by atoms with E-state index >= 15 is 0 Å². The highest BCUT2D eigenvalue weighted by Crippen LogP contribution is 2.42. The molecule has 0 aliphatic heterocycles. The van der Waals surface area contributed by atoms with E-state index in [1.165, 1.54) is 13.3 Å². The fraction of sp³-hybridized carbons (Fsp3) is 0.130. The van der Waals surface area contributed by atoms with E-state index in [2.05, 4.69) is 42.4 Å². The molecule has 172 valence electrons. The Kier molecular flexibility index (Phi) is 9.02. The zero-order chi connectivity index (χ0) is 24.0. The van der Waals surface area contributed by atoms with Gasteiger partial charge in [-0.1, -0.05) is 29.3 Å². The number of benzene rings is 3. The van der Waals surface area contributed by atoms with Crippen molar-refractivity contribution in [1.29, 1.82) is 0 Å². The van der Waals surface area contributed by atoms with Crippen molar-refractivity contribution in [2.75, 3.05) is 14.2 Å². The molecule has 1 N–H and O–H groups in total. The second kappa shape index (κ2) is 11.7. The van der Waals surface area contributed by atoms with E-state index in [4.69, 9.17) is 37.4 Å². The Bertz CT molecular complexity index is 1190. The summed E-state index contributed by atoms with van der Waals surface area (Å²) in [5, 5.41) is 4.98. The molecule has 0 atom stereocenters. The van der Waals surface area contributed by atoms with Gasteiger partial charge in [-0.05, 0) is 79.9 Å². The van der Waals surface area contributed by atoms with Crippen LogP contribution in [-0.2, 0) is 6.61 Å². The minimum Gasteiger partial charge on any atom is -0.497 e. The molecule has 33 heavy (non-hydrogen) atoms. The molecule has 0 aromatic heterocycles.